The number of carbonyl (C=O) groups excluding carboxylic acids is 1. The topological polar surface area (TPSA) is 71.3 Å². The van der Waals surface area contributed by atoms with Gasteiger partial charge in [-0.1, -0.05) is 60.6 Å². The van der Waals surface area contributed by atoms with Crippen molar-refractivity contribution < 1.29 is 9.32 Å². The molecule has 1 aliphatic heterocycles. The second-order valence-electron chi connectivity index (χ2n) is 8.70. The highest BCUT2D eigenvalue weighted by Gasteiger charge is 2.27. The minimum absolute atomic E-state index is 0.0505. The molecule has 0 saturated carbocycles. The summed E-state index contributed by atoms with van der Waals surface area (Å²) in [6.45, 7) is 8.58. The van der Waals surface area contributed by atoms with Crippen molar-refractivity contribution in [2.45, 2.75) is 52.6 Å². The Morgan fingerprint density at radius 3 is 2.47 bits per heavy atom. The molecule has 1 saturated heterocycles. The highest BCUT2D eigenvalue weighted by Crippen LogP contribution is 2.25. The highest BCUT2D eigenvalue weighted by molar-refractivity contribution is 5.79. The van der Waals surface area contributed by atoms with Gasteiger partial charge in [-0.25, -0.2) is 0 Å². The molecule has 1 fully saturated rings. The molecule has 0 spiro atoms. The average Bonchev–Trinajstić information content (AvgIpc) is 3.27. The second kappa shape index (κ2) is 10.1. The van der Waals surface area contributed by atoms with Crippen LogP contribution in [0.2, 0.25) is 0 Å². The number of hydrogen-bond donors (Lipinski definition) is 1. The van der Waals surface area contributed by atoms with E-state index < -0.39 is 0 Å². The van der Waals surface area contributed by atoms with E-state index in [0.717, 1.165) is 43.5 Å². The number of aryl methyl sites for hydroxylation is 2. The minimum atomic E-state index is 0.0505. The van der Waals surface area contributed by atoms with Gasteiger partial charge in [-0.05, 0) is 62.9 Å². The summed E-state index contributed by atoms with van der Waals surface area (Å²) in [6, 6.07) is 16.4. The van der Waals surface area contributed by atoms with Gasteiger partial charge in [0.15, 0.2) is 0 Å². The smallest absolute Gasteiger partial charge is 0.241 e. The van der Waals surface area contributed by atoms with Crippen LogP contribution in [-0.2, 0) is 11.3 Å². The van der Waals surface area contributed by atoms with Crippen LogP contribution in [0.15, 0.2) is 53.1 Å². The maximum absolute atomic E-state index is 12.9. The van der Waals surface area contributed by atoms with E-state index >= 15 is 0 Å². The Bertz CT molecular complexity index is 1050. The van der Waals surface area contributed by atoms with Gasteiger partial charge in [0, 0.05) is 11.5 Å². The summed E-state index contributed by atoms with van der Waals surface area (Å²) in [5.74, 6) is 1.47. The molecule has 1 unspecified atom stereocenters. The predicted molar refractivity (Wildman–Crippen MR) is 125 cm³/mol. The van der Waals surface area contributed by atoms with E-state index in [0.29, 0.717) is 18.3 Å². The molecule has 6 nitrogen and oxygen atoms in total. The van der Waals surface area contributed by atoms with Crippen molar-refractivity contribution in [3.8, 4) is 11.4 Å². The fraction of sp³-hybridized carbons (Fsp3) is 0.423. The SMILES string of the molecule is CCC(NC(=O)C1CCN(Cc2nc(-c3ccccc3C)no2)CC1)c1ccccc1C. The van der Waals surface area contributed by atoms with Gasteiger partial charge in [0.2, 0.25) is 17.6 Å². The molecule has 4 rings (SSSR count). The third kappa shape index (κ3) is 5.07. The summed E-state index contributed by atoms with van der Waals surface area (Å²) < 4.78 is 5.50. The van der Waals surface area contributed by atoms with E-state index in [9.17, 15) is 4.79 Å². The number of benzene rings is 2. The number of rotatable bonds is 7. The molecule has 168 valence electrons. The fourth-order valence-corrected chi connectivity index (χ4v) is 4.46. The molecular formula is C26H32N4O2. The molecule has 1 atom stereocenters. The summed E-state index contributed by atoms with van der Waals surface area (Å²) in [6.07, 6.45) is 2.57. The van der Waals surface area contributed by atoms with Crippen molar-refractivity contribution >= 4 is 5.91 Å². The number of nitrogens with one attached hydrogen (secondary N) is 1. The molecule has 3 aromatic rings. The lowest BCUT2D eigenvalue weighted by Gasteiger charge is -2.31. The third-order valence-corrected chi connectivity index (χ3v) is 6.46. The zero-order valence-electron chi connectivity index (χ0n) is 19.2. The third-order valence-electron chi connectivity index (χ3n) is 6.46. The van der Waals surface area contributed by atoms with Crippen LogP contribution in [0, 0.1) is 19.8 Å². The van der Waals surface area contributed by atoms with Crippen molar-refractivity contribution in [3.05, 3.63) is 71.1 Å². The molecule has 1 aromatic heterocycles. The van der Waals surface area contributed by atoms with E-state index in [1.807, 2.05) is 43.3 Å². The molecule has 1 N–H and O–H groups in total. The van der Waals surface area contributed by atoms with Gasteiger partial charge in [-0.15, -0.1) is 0 Å². The number of nitrogens with zero attached hydrogens (tertiary/aromatic N) is 3. The molecule has 1 amide bonds. The quantitative estimate of drug-likeness (QED) is 0.579. The van der Waals surface area contributed by atoms with Crippen LogP contribution in [0.5, 0.6) is 0 Å². The van der Waals surface area contributed by atoms with E-state index in [2.05, 4.69) is 46.3 Å². The minimum Gasteiger partial charge on any atom is -0.349 e. The normalized spacial score (nSPS) is 16.1. The Hall–Kier alpha value is -2.99. The Labute approximate surface area is 190 Å². The zero-order chi connectivity index (χ0) is 22.5. The molecule has 0 radical (unpaired) electrons. The first kappa shape index (κ1) is 22.2. The average molecular weight is 433 g/mol. The lowest BCUT2D eigenvalue weighted by Crippen LogP contribution is -2.41. The summed E-state index contributed by atoms with van der Waals surface area (Å²) >= 11 is 0. The molecule has 1 aliphatic rings. The van der Waals surface area contributed by atoms with E-state index in [4.69, 9.17) is 4.52 Å². The Balaban J connectivity index is 1.30. The largest absolute Gasteiger partial charge is 0.349 e. The van der Waals surface area contributed by atoms with Crippen molar-refractivity contribution in [2.75, 3.05) is 13.1 Å². The first-order valence-corrected chi connectivity index (χ1v) is 11.5. The van der Waals surface area contributed by atoms with Crippen LogP contribution in [0.4, 0.5) is 0 Å². The maximum atomic E-state index is 12.9. The monoisotopic (exact) mass is 432 g/mol. The van der Waals surface area contributed by atoms with E-state index in [-0.39, 0.29) is 17.9 Å². The number of aromatic nitrogens is 2. The van der Waals surface area contributed by atoms with Gasteiger partial charge in [-0.3, -0.25) is 9.69 Å². The fourth-order valence-electron chi connectivity index (χ4n) is 4.46. The highest BCUT2D eigenvalue weighted by atomic mass is 16.5. The standard InChI is InChI=1S/C26H32N4O2/c1-4-23(21-11-7-5-9-18(21)2)27-26(31)20-13-15-30(16-14-20)17-24-28-25(29-32-24)22-12-8-6-10-19(22)3/h5-12,20,23H,4,13-17H2,1-3H3,(H,27,31). The summed E-state index contributed by atoms with van der Waals surface area (Å²) in [4.78, 5) is 19.8. The van der Waals surface area contributed by atoms with Gasteiger partial charge in [0.25, 0.3) is 0 Å². The first-order chi connectivity index (χ1) is 15.5. The molecule has 6 heteroatoms. The van der Waals surface area contributed by atoms with E-state index in [1.165, 1.54) is 11.1 Å². The first-order valence-electron chi connectivity index (χ1n) is 11.5. The van der Waals surface area contributed by atoms with Crippen molar-refractivity contribution in [1.29, 1.82) is 0 Å². The summed E-state index contributed by atoms with van der Waals surface area (Å²) in [5.41, 5.74) is 4.56. The van der Waals surface area contributed by atoms with Crippen molar-refractivity contribution in [1.82, 2.24) is 20.4 Å². The molecule has 2 heterocycles. The maximum Gasteiger partial charge on any atom is 0.241 e. The summed E-state index contributed by atoms with van der Waals surface area (Å²) in [5, 5.41) is 7.44. The van der Waals surface area contributed by atoms with Gasteiger partial charge in [-0.2, -0.15) is 4.98 Å². The van der Waals surface area contributed by atoms with Gasteiger partial charge in [0.05, 0.1) is 12.6 Å². The second-order valence-corrected chi connectivity index (χ2v) is 8.70. The number of amides is 1. The zero-order valence-corrected chi connectivity index (χ0v) is 19.2. The molecule has 2 aromatic carbocycles. The Morgan fingerprint density at radius 2 is 1.78 bits per heavy atom. The predicted octanol–water partition coefficient (Wildman–Crippen LogP) is 4.83. The van der Waals surface area contributed by atoms with Crippen LogP contribution in [-0.4, -0.2) is 34.0 Å². The van der Waals surface area contributed by atoms with Gasteiger partial charge in [0.1, 0.15) is 0 Å². The lowest BCUT2D eigenvalue weighted by molar-refractivity contribution is -0.127. The van der Waals surface area contributed by atoms with Crippen LogP contribution < -0.4 is 5.32 Å². The molecule has 32 heavy (non-hydrogen) atoms. The van der Waals surface area contributed by atoms with Gasteiger partial charge < -0.3 is 9.84 Å². The summed E-state index contributed by atoms with van der Waals surface area (Å²) in [7, 11) is 0. The molecule has 0 bridgehead atoms. The van der Waals surface area contributed by atoms with Crippen molar-refractivity contribution in [3.63, 3.8) is 0 Å². The number of carbonyl (C=O) groups is 1. The van der Waals surface area contributed by atoms with Crippen molar-refractivity contribution in [2.24, 2.45) is 5.92 Å². The lowest BCUT2D eigenvalue weighted by atomic mass is 9.94. The van der Waals surface area contributed by atoms with Gasteiger partial charge >= 0.3 is 0 Å². The van der Waals surface area contributed by atoms with Crippen LogP contribution in [0.25, 0.3) is 11.4 Å². The van der Waals surface area contributed by atoms with Crippen LogP contribution in [0.3, 0.4) is 0 Å². The van der Waals surface area contributed by atoms with Crippen LogP contribution >= 0.6 is 0 Å². The molecular weight excluding hydrogens is 400 g/mol. The number of piperidine rings is 1. The Kier molecular flexibility index (Phi) is 7.00. The number of hydrogen-bond acceptors (Lipinski definition) is 5. The number of likely N-dealkylation sites (tertiary alicyclic amines) is 1. The van der Waals surface area contributed by atoms with Crippen LogP contribution in [0.1, 0.15) is 54.8 Å². The van der Waals surface area contributed by atoms with E-state index in [1.54, 1.807) is 0 Å². The molecule has 0 aliphatic carbocycles. The Morgan fingerprint density at radius 1 is 1.09 bits per heavy atom.